The number of esters is 1. The summed E-state index contributed by atoms with van der Waals surface area (Å²) in [4.78, 5) is 36.2. The van der Waals surface area contributed by atoms with E-state index in [1.165, 1.54) is 59.8 Å². The van der Waals surface area contributed by atoms with Gasteiger partial charge in [0.25, 0.3) is 5.91 Å². The standard InChI is InChI=1S/C24H29N3O6S/c1-15-11-16(2)14-27(13-15)34(31,32)21-6-4-5-19(12-21)24(30)33-17(3)23(29)26-20-9-7-18(8-10-20)22(25)28/h4-10,12,15-17H,11,13-14H2,1-3H3,(H2,25,28)(H,26,29). The number of sulfonamides is 1. The maximum atomic E-state index is 13.1. The first-order valence-electron chi connectivity index (χ1n) is 11.0. The van der Waals surface area contributed by atoms with E-state index >= 15 is 0 Å². The lowest BCUT2D eigenvalue weighted by atomic mass is 9.94. The number of rotatable bonds is 7. The molecule has 3 atom stereocenters. The molecule has 0 saturated carbocycles. The highest BCUT2D eigenvalue weighted by atomic mass is 32.2. The van der Waals surface area contributed by atoms with Crippen molar-refractivity contribution >= 4 is 33.5 Å². The third-order valence-electron chi connectivity index (χ3n) is 5.63. The summed E-state index contributed by atoms with van der Waals surface area (Å²) in [6.45, 7) is 6.30. The van der Waals surface area contributed by atoms with Crippen molar-refractivity contribution in [2.45, 2.75) is 38.2 Å². The van der Waals surface area contributed by atoms with Crippen LogP contribution in [0.3, 0.4) is 0 Å². The monoisotopic (exact) mass is 487 g/mol. The van der Waals surface area contributed by atoms with Gasteiger partial charge in [-0.3, -0.25) is 9.59 Å². The predicted octanol–water partition coefficient (Wildman–Crippen LogP) is 2.64. The fourth-order valence-corrected chi connectivity index (χ4v) is 5.70. The summed E-state index contributed by atoms with van der Waals surface area (Å²) >= 11 is 0. The number of piperidine rings is 1. The van der Waals surface area contributed by atoms with Gasteiger partial charge in [0.1, 0.15) is 0 Å². The summed E-state index contributed by atoms with van der Waals surface area (Å²) in [5.74, 6) is -1.49. The molecule has 1 aliphatic rings. The Balaban J connectivity index is 1.67. The lowest BCUT2D eigenvalue weighted by Crippen LogP contribution is -2.42. The summed E-state index contributed by atoms with van der Waals surface area (Å²) in [5.41, 5.74) is 5.91. The van der Waals surface area contributed by atoms with Crippen molar-refractivity contribution in [3.8, 4) is 0 Å². The molecule has 1 aliphatic heterocycles. The average Bonchev–Trinajstić information content (AvgIpc) is 2.78. The molecule has 1 fully saturated rings. The zero-order chi connectivity index (χ0) is 25.0. The predicted molar refractivity (Wildman–Crippen MR) is 127 cm³/mol. The largest absolute Gasteiger partial charge is 0.449 e. The minimum absolute atomic E-state index is 0.00916. The lowest BCUT2D eigenvalue weighted by Gasteiger charge is -2.34. The molecule has 3 unspecified atom stereocenters. The van der Waals surface area contributed by atoms with Gasteiger partial charge in [-0.25, -0.2) is 13.2 Å². The average molecular weight is 488 g/mol. The quantitative estimate of drug-likeness (QED) is 0.576. The Labute approximate surface area is 199 Å². The van der Waals surface area contributed by atoms with E-state index in [-0.39, 0.29) is 22.3 Å². The minimum Gasteiger partial charge on any atom is -0.449 e. The maximum Gasteiger partial charge on any atom is 0.338 e. The smallest absolute Gasteiger partial charge is 0.338 e. The Kier molecular flexibility index (Phi) is 7.73. The van der Waals surface area contributed by atoms with Gasteiger partial charge in [-0.05, 0) is 67.6 Å². The van der Waals surface area contributed by atoms with E-state index in [1.807, 2.05) is 13.8 Å². The van der Waals surface area contributed by atoms with Crippen LogP contribution < -0.4 is 11.1 Å². The van der Waals surface area contributed by atoms with E-state index in [0.717, 1.165) is 6.42 Å². The number of hydrogen-bond donors (Lipinski definition) is 2. The molecule has 0 radical (unpaired) electrons. The summed E-state index contributed by atoms with van der Waals surface area (Å²) < 4.78 is 33.0. The van der Waals surface area contributed by atoms with Crippen LogP contribution >= 0.6 is 0 Å². The van der Waals surface area contributed by atoms with Crippen molar-refractivity contribution in [2.75, 3.05) is 18.4 Å². The van der Waals surface area contributed by atoms with Crippen LogP contribution in [0.2, 0.25) is 0 Å². The van der Waals surface area contributed by atoms with Crippen LogP contribution in [0.4, 0.5) is 5.69 Å². The Morgan fingerprint density at radius 1 is 1.03 bits per heavy atom. The topological polar surface area (TPSA) is 136 Å². The summed E-state index contributed by atoms with van der Waals surface area (Å²) in [6.07, 6.45) is -0.180. The van der Waals surface area contributed by atoms with Crippen molar-refractivity contribution in [2.24, 2.45) is 17.6 Å². The SMILES string of the molecule is CC1CC(C)CN(S(=O)(=O)c2cccc(C(=O)OC(C)C(=O)Nc3ccc(C(N)=O)cc3)c2)C1. The number of nitrogens with zero attached hydrogens (tertiary/aromatic N) is 1. The molecular weight excluding hydrogens is 458 g/mol. The molecule has 3 rings (SSSR count). The van der Waals surface area contributed by atoms with Crippen LogP contribution in [0.5, 0.6) is 0 Å². The molecule has 10 heteroatoms. The summed E-state index contributed by atoms with van der Waals surface area (Å²) in [6, 6.07) is 11.6. The molecule has 9 nitrogen and oxygen atoms in total. The van der Waals surface area contributed by atoms with E-state index in [0.29, 0.717) is 24.3 Å². The van der Waals surface area contributed by atoms with Gasteiger partial charge in [0.2, 0.25) is 15.9 Å². The van der Waals surface area contributed by atoms with Crippen LogP contribution in [-0.4, -0.2) is 49.7 Å². The van der Waals surface area contributed by atoms with Crippen LogP contribution in [0, 0.1) is 11.8 Å². The van der Waals surface area contributed by atoms with Crippen LogP contribution in [-0.2, 0) is 19.6 Å². The van der Waals surface area contributed by atoms with Crippen LogP contribution in [0.1, 0.15) is 47.9 Å². The Bertz CT molecular complexity index is 1170. The molecule has 3 N–H and O–H groups in total. The molecule has 0 spiro atoms. The first-order valence-corrected chi connectivity index (χ1v) is 12.4. The van der Waals surface area contributed by atoms with Gasteiger partial charge in [0.05, 0.1) is 10.5 Å². The number of nitrogens with one attached hydrogen (secondary N) is 1. The van der Waals surface area contributed by atoms with E-state index in [1.54, 1.807) is 0 Å². The van der Waals surface area contributed by atoms with Gasteiger partial charge in [-0.2, -0.15) is 4.31 Å². The first-order chi connectivity index (χ1) is 16.0. The number of primary amides is 1. The van der Waals surface area contributed by atoms with Crippen molar-refractivity contribution < 1.29 is 27.5 Å². The Morgan fingerprint density at radius 3 is 2.24 bits per heavy atom. The Hall–Kier alpha value is -3.24. The highest BCUT2D eigenvalue weighted by molar-refractivity contribution is 7.89. The fourth-order valence-electron chi connectivity index (χ4n) is 3.98. The molecule has 0 bridgehead atoms. The van der Waals surface area contributed by atoms with Crippen molar-refractivity contribution in [3.05, 3.63) is 59.7 Å². The highest BCUT2D eigenvalue weighted by Gasteiger charge is 2.32. The van der Waals surface area contributed by atoms with Crippen LogP contribution in [0.15, 0.2) is 53.4 Å². The number of ether oxygens (including phenoxy) is 1. The molecule has 34 heavy (non-hydrogen) atoms. The Morgan fingerprint density at radius 2 is 1.65 bits per heavy atom. The number of hydrogen-bond acceptors (Lipinski definition) is 6. The van der Waals surface area contributed by atoms with E-state index < -0.39 is 33.9 Å². The number of carbonyl (C=O) groups is 3. The van der Waals surface area contributed by atoms with E-state index in [9.17, 15) is 22.8 Å². The molecule has 182 valence electrons. The first kappa shape index (κ1) is 25.4. The zero-order valence-corrected chi connectivity index (χ0v) is 20.2. The zero-order valence-electron chi connectivity index (χ0n) is 19.4. The van der Waals surface area contributed by atoms with Gasteiger partial charge < -0.3 is 15.8 Å². The van der Waals surface area contributed by atoms with Gasteiger partial charge in [-0.15, -0.1) is 0 Å². The molecule has 1 heterocycles. The molecule has 0 aromatic heterocycles. The second-order valence-corrected chi connectivity index (χ2v) is 10.7. The number of amides is 2. The van der Waals surface area contributed by atoms with Crippen molar-refractivity contribution in [1.82, 2.24) is 4.31 Å². The molecule has 1 saturated heterocycles. The molecular formula is C24H29N3O6S. The van der Waals surface area contributed by atoms with Crippen molar-refractivity contribution in [1.29, 1.82) is 0 Å². The third kappa shape index (κ3) is 6.00. The van der Waals surface area contributed by atoms with Crippen LogP contribution in [0.25, 0.3) is 0 Å². The van der Waals surface area contributed by atoms with Gasteiger partial charge in [0.15, 0.2) is 6.10 Å². The number of nitrogens with two attached hydrogens (primary N) is 1. The second kappa shape index (κ2) is 10.4. The second-order valence-electron chi connectivity index (χ2n) is 8.77. The highest BCUT2D eigenvalue weighted by Crippen LogP contribution is 2.27. The minimum atomic E-state index is -3.77. The van der Waals surface area contributed by atoms with E-state index in [4.69, 9.17) is 10.5 Å². The molecule has 0 aliphatic carbocycles. The summed E-state index contributed by atoms with van der Waals surface area (Å²) in [5, 5.41) is 2.58. The van der Waals surface area contributed by atoms with Gasteiger partial charge >= 0.3 is 5.97 Å². The van der Waals surface area contributed by atoms with Gasteiger partial charge in [0, 0.05) is 24.3 Å². The van der Waals surface area contributed by atoms with Gasteiger partial charge in [-0.1, -0.05) is 19.9 Å². The summed E-state index contributed by atoms with van der Waals surface area (Å²) in [7, 11) is -3.77. The number of benzene rings is 2. The molecule has 2 aromatic rings. The number of anilines is 1. The fraction of sp³-hybridized carbons (Fsp3) is 0.375. The van der Waals surface area contributed by atoms with E-state index in [2.05, 4.69) is 5.32 Å². The normalized spacial score (nSPS) is 19.7. The molecule has 2 amide bonds. The third-order valence-corrected chi connectivity index (χ3v) is 7.46. The number of carbonyl (C=O) groups excluding carboxylic acids is 3. The lowest BCUT2D eigenvalue weighted by molar-refractivity contribution is -0.123. The molecule has 2 aromatic carbocycles. The van der Waals surface area contributed by atoms with Crippen molar-refractivity contribution in [3.63, 3.8) is 0 Å². The maximum absolute atomic E-state index is 13.1.